The largest absolute Gasteiger partial charge is 0.330 e. The first-order chi connectivity index (χ1) is 8.69. The second-order valence-corrected chi connectivity index (χ2v) is 4.91. The van der Waals surface area contributed by atoms with Crippen LogP contribution in [0.3, 0.4) is 0 Å². The molecule has 98 valence electrons. The number of carbonyl (C=O) groups excluding carboxylic acids is 1. The number of rotatable bonds is 6. The first-order valence-electron chi connectivity index (χ1n) is 6.49. The lowest BCUT2D eigenvalue weighted by Gasteiger charge is -2.16. The van der Waals surface area contributed by atoms with Crippen molar-refractivity contribution in [1.82, 2.24) is 4.90 Å². The number of anilines is 1. The molecule has 1 aliphatic rings. The molecule has 0 saturated heterocycles. The van der Waals surface area contributed by atoms with Crippen molar-refractivity contribution in [3.63, 3.8) is 0 Å². The molecule has 1 aromatic rings. The molecule has 0 fully saturated rings. The van der Waals surface area contributed by atoms with Gasteiger partial charge < -0.3 is 16.0 Å². The van der Waals surface area contributed by atoms with E-state index in [1.807, 2.05) is 6.07 Å². The van der Waals surface area contributed by atoms with Crippen LogP contribution >= 0.6 is 0 Å². The highest BCUT2D eigenvalue weighted by atomic mass is 16.1. The summed E-state index contributed by atoms with van der Waals surface area (Å²) in [7, 11) is 2.12. The van der Waals surface area contributed by atoms with Gasteiger partial charge in [-0.05, 0) is 50.2 Å². The lowest BCUT2D eigenvalue weighted by molar-refractivity contribution is -0.115. The van der Waals surface area contributed by atoms with E-state index in [0.29, 0.717) is 6.42 Å². The summed E-state index contributed by atoms with van der Waals surface area (Å²) in [6.07, 6.45) is 2.58. The third kappa shape index (κ3) is 3.31. The normalized spacial score (nSPS) is 13.8. The fourth-order valence-electron chi connectivity index (χ4n) is 2.23. The van der Waals surface area contributed by atoms with E-state index in [0.717, 1.165) is 43.7 Å². The third-order valence-electron chi connectivity index (χ3n) is 3.32. The van der Waals surface area contributed by atoms with E-state index in [1.54, 1.807) is 0 Å². The maximum Gasteiger partial charge on any atom is 0.228 e. The van der Waals surface area contributed by atoms with Crippen molar-refractivity contribution in [2.75, 3.05) is 32.0 Å². The van der Waals surface area contributed by atoms with Crippen LogP contribution in [0.4, 0.5) is 5.69 Å². The highest BCUT2D eigenvalue weighted by Crippen LogP contribution is 2.23. The number of likely N-dealkylation sites (N-methyl/N-ethyl adjacent to an activating group) is 1. The molecule has 0 saturated carbocycles. The van der Waals surface area contributed by atoms with Crippen molar-refractivity contribution in [1.29, 1.82) is 0 Å². The predicted octanol–water partition coefficient (Wildman–Crippen LogP) is 1.00. The molecule has 1 aromatic carbocycles. The molecule has 1 aliphatic heterocycles. The van der Waals surface area contributed by atoms with Crippen molar-refractivity contribution in [3.8, 4) is 0 Å². The second-order valence-electron chi connectivity index (χ2n) is 4.91. The Kier molecular flexibility index (Phi) is 4.33. The number of nitrogens with zero attached hydrogens (tertiary/aromatic N) is 1. The molecule has 0 aromatic heterocycles. The van der Waals surface area contributed by atoms with Crippen molar-refractivity contribution in [2.45, 2.75) is 19.3 Å². The van der Waals surface area contributed by atoms with Crippen molar-refractivity contribution >= 4 is 11.6 Å². The van der Waals surface area contributed by atoms with E-state index in [4.69, 9.17) is 5.73 Å². The summed E-state index contributed by atoms with van der Waals surface area (Å²) < 4.78 is 0. The summed E-state index contributed by atoms with van der Waals surface area (Å²) in [5.74, 6) is 0.0993. The molecule has 3 N–H and O–H groups in total. The number of hydrogen-bond acceptors (Lipinski definition) is 3. The topological polar surface area (TPSA) is 58.4 Å². The summed E-state index contributed by atoms with van der Waals surface area (Å²) in [6.45, 7) is 2.82. The summed E-state index contributed by atoms with van der Waals surface area (Å²) in [6, 6.07) is 6.25. The van der Waals surface area contributed by atoms with Crippen LogP contribution in [0.5, 0.6) is 0 Å². The molecule has 18 heavy (non-hydrogen) atoms. The van der Waals surface area contributed by atoms with Crippen LogP contribution < -0.4 is 11.1 Å². The smallest absolute Gasteiger partial charge is 0.228 e. The van der Waals surface area contributed by atoms with Gasteiger partial charge in [0.1, 0.15) is 0 Å². The Morgan fingerprint density at radius 1 is 1.39 bits per heavy atom. The molecule has 0 unspecified atom stereocenters. The third-order valence-corrected chi connectivity index (χ3v) is 3.32. The van der Waals surface area contributed by atoms with E-state index in [1.165, 1.54) is 5.56 Å². The van der Waals surface area contributed by atoms with E-state index in [9.17, 15) is 4.79 Å². The first kappa shape index (κ1) is 13.1. The standard InChI is InChI=1S/C14H21N3O/c1-17(7-2-6-15)8-5-11-3-4-13-12(9-11)10-14(18)16-13/h3-4,9H,2,5-8,10,15H2,1H3,(H,16,18). The lowest BCUT2D eigenvalue weighted by Crippen LogP contribution is -2.24. The minimum atomic E-state index is 0.0993. The van der Waals surface area contributed by atoms with Crippen LogP contribution in [0.15, 0.2) is 18.2 Å². The van der Waals surface area contributed by atoms with Gasteiger partial charge in [-0.2, -0.15) is 0 Å². The lowest BCUT2D eigenvalue weighted by atomic mass is 10.1. The average Bonchev–Trinajstić information content (AvgIpc) is 2.73. The summed E-state index contributed by atoms with van der Waals surface area (Å²) in [4.78, 5) is 13.6. The van der Waals surface area contributed by atoms with Gasteiger partial charge in [-0.3, -0.25) is 4.79 Å². The fraction of sp³-hybridized carbons (Fsp3) is 0.500. The van der Waals surface area contributed by atoms with E-state index in [2.05, 4.69) is 29.4 Å². The zero-order valence-corrected chi connectivity index (χ0v) is 10.9. The van der Waals surface area contributed by atoms with Crippen molar-refractivity contribution in [3.05, 3.63) is 29.3 Å². The maximum absolute atomic E-state index is 11.3. The maximum atomic E-state index is 11.3. The Morgan fingerprint density at radius 3 is 3.00 bits per heavy atom. The van der Waals surface area contributed by atoms with Gasteiger partial charge in [0, 0.05) is 12.2 Å². The Bertz CT molecular complexity index is 431. The number of benzene rings is 1. The molecule has 0 spiro atoms. The van der Waals surface area contributed by atoms with E-state index < -0.39 is 0 Å². The molecular weight excluding hydrogens is 226 g/mol. The summed E-state index contributed by atoms with van der Waals surface area (Å²) >= 11 is 0. The minimum Gasteiger partial charge on any atom is -0.330 e. The molecule has 0 aliphatic carbocycles. The summed E-state index contributed by atoms with van der Waals surface area (Å²) in [5.41, 5.74) is 8.89. The highest BCUT2D eigenvalue weighted by Gasteiger charge is 2.17. The highest BCUT2D eigenvalue weighted by molar-refractivity contribution is 5.99. The number of amides is 1. The van der Waals surface area contributed by atoms with Gasteiger partial charge in [0.15, 0.2) is 0 Å². The zero-order valence-electron chi connectivity index (χ0n) is 10.9. The van der Waals surface area contributed by atoms with Gasteiger partial charge in [-0.1, -0.05) is 12.1 Å². The molecule has 2 rings (SSSR count). The van der Waals surface area contributed by atoms with Crippen LogP contribution in [0, 0.1) is 0 Å². The van der Waals surface area contributed by atoms with Gasteiger partial charge in [0.2, 0.25) is 5.91 Å². The van der Waals surface area contributed by atoms with E-state index in [-0.39, 0.29) is 5.91 Å². The number of nitrogens with two attached hydrogens (primary N) is 1. The van der Waals surface area contributed by atoms with Crippen LogP contribution in [0.1, 0.15) is 17.5 Å². The quantitative estimate of drug-likeness (QED) is 0.788. The monoisotopic (exact) mass is 247 g/mol. The average molecular weight is 247 g/mol. The van der Waals surface area contributed by atoms with Gasteiger partial charge in [0.05, 0.1) is 6.42 Å². The van der Waals surface area contributed by atoms with E-state index >= 15 is 0 Å². The number of nitrogens with one attached hydrogen (secondary N) is 1. The van der Waals surface area contributed by atoms with Gasteiger partial charge >= 0.3 is 0 Å². The van der Waals surface area contributed by atoms with Gasteiger partial charge in [-0.15, -0.1) is 0 Å². The predicted molar refractivity (Wildman–Crippen MR) is 73.6 cm³/mol. The van der Waals surface area contributed by atoms with Crippen LogP contribution in [0.2, 0.25) is 0 Å². The first-order valence-corrected chi connectivity index (χ1v) is 6.49. The van der Waals surface area contributed by atoms with Crippen molar-refractivity contribution < 1.29 is 4.79 Å². The Labute approximate surface area is 108 Å². The number of fused-ring (bicyclic) bond motifs is 1. The van der Waals surface area contributed by atoms with Crippen LogP contribution in [-0.2, 0) is 17.6 Å². The molecule has 0 atom stereocenters. The van der Waals surface area contributed by atoms with Crippen molar-refractivity contribution in [2.24, 2.45) is 5.73 Å². The molecule has 1 amide bonds. The number of hydrogen-bond donors (Lipinski definition) is 2. The SMILES string of the molecule is CN(CCCN)CCc1ccc2c(c1)CC(=O)N2. The summed E-state index contributed by atoms with van der Waals surface area (Å²) in [5, 5.41) is 2.85. The Balaban J connectivity index is 1.87. The zero-order chi connectivity index (χ0) is 13.0. The van der Waals surface area contributed by atoms with Gasteiger partial charge in [0.25, 0.3) is 0 Å². The minimum absolute atomic E-state index is 0.0993. The second kappa shape index (κ2) is 5.98. The Morgan fingerprint density at radius 2 is 2.22 bits per heavy atom. The molecule has 0 bridgehead atoms. The molecule has 1 heterocycles. The Hall–Kier alpha value is -1.39. The van der Waals surface area contributed by atoms with Gasteiger partial charge in [-0.25, -0.2) is 0 Å². The van der Waals surface area contributed by atoms with Crippen LogP contribution in [-0.4, -0.2) is 37.5 Å². The molecular formula is C14H21N3O. The van der Waals surface area contributed by atoms with Crippen LogP contribution in [0.25, 0.3) is 0 Å². The molecule has 4 nitrogen and oxygen atoms in total. The molecule has 0 radical (unpaired) electrons. The number of carbonyl (C=O) groups is 1. The molecule has 4 heteroatoms. The fourth-order valence-corrected chi connectivity index (χ4v) is 2.23.